The van der Waals surface area contributed by atoms with Crippen molar-refractivity contribution in [3.63, 3.8) is 0 Å². The van der Waals surface area contributed by atoms with Crippen LogP contribution in [0, 0.1) is 0 Å². The molecule has 0 atom stereocenters. The summed E-state index contributed by atoms with van der Waals surface area (Å²) in [5, 5.41) is 0. The number of nitrogens with zero attached hydrogens (tertiary/aromatic N) is 1. The topological polar surface area (TPSA) is 21.7 Å². The van der Waals surface area contributed by atoms with Gasteiger partial charge in [0, 0.05) is 26.1 Å². The molecule has 1 saturated heterocycles. The van der Waals surface area contributed by atoms with E-state index >= 15 is 0 Å². The molecule has 0 aliphatic carbocycles. The maximum atomic E-state index is 11.7. The van der Waals surface area contributed by atoms with Gasteiger partial charge in [0.05, 0.1) is 19.8 Å². The molecular weight excluding hydrogens is 237 g/mol. The Bertz CT molecular complexity index is 167. The first-order chi connectivity index (χ1) is 6.58. The zero-order valence-electron chi connectivity index (χ0n) is 8.92. The third-order valence-corrected chi connectivity index (χ3v) is 1.96. The third kappa shape index (κ3) is 9.11. The monoisotopic (exact) mass is 251 g/mol. The van der Waals surface area contributed by atoms with Crippen molar-refractivity contribution in [1.82, 2.24) is 4.90 Å². The fraction of sp³-hybridized carbons (Fsp3) is 1.00. The molecule has 0 aromatic carbocycles. The Morgan fingerprint density at radius 2 is 1.80 bits per heavy atom. The Labute approximate surface area is 130 Å². The van der Waals surface area contributed by atoms with Crippen molar-refractivity contribution < 1.29 is 73.8 Å². The molecule has 1 aliphatic heterocycles. The van der Waals surface area contributed by atoms with E-state index in [0.717, 1.165) is 13.1 Å². The first-order valence-electron chi connectivity index (χ1n) is 4.67. The molecule has 3 nitrogen and oxygen atoms in total. The molecule has 0 unspecified atom stereocenters. The van der Waals surface area contributed by atoms with Crippen LogP contribution in [0.5, 0.6) is 0 Å². The summed E-state index contributed by atoms with van der Waals surface area (Å²) in [7, 11) is 0. The van der Waals surface area contributed by atoms with E-state index in [1.807, 2.05) is 4.90 Å². The van der Waals surface area contributed by atoms with Crippen molar-refractivity contribution in [3.05, 3.63) is 0 Å². The van der Waals surface area contributed by atoms with E-state index in [2.05, 4.69) is 4.74 Å². The zero-order chi connectivity index (χ0) is 10.4. The number of ether oxygens (including phenoxy) is 2. The molecule has 0 saturated carbocycles. The average Bonchev–Trinajstić information content (AvgIpc) is 2.13. The van der Waals surface area contributed by atoms with Gasteiger partial charge < -0.3 is 22.4 Å². The van der Waals surface area contributed by atoms with Crippen LogP contribution in [0.2, 0.25) is 0 Å². The van der Waals surface area contributed by atoms with Crippen LogP contribution in [-0.4, -0.2) is 57.8 Å². The van der Waals surface area contributed by atoms with Crippen LogP contribution in [0.25, 0.3) is 0 Å². The molecule has 0 radical (unpaired) electrons. The average molecular weight is 251 g/mol. The molecule has 0 N–H and O–H groups in total. The standard InChI is InChI=1S/C7H14BF3NO2.K/c9-8(10,11)7-14-6-3-12-1-4-13-5-2-12;/h1-7H2;/q-1;+1. The molecule has 84 valence electrons. The Morgan fingerprint density at radius 3 is 2.33 bits per heavy atom. The van der Waals surface area contributed by atoms with Crippen LogP contribution in [0.4, 0.5) is 12.9 Å². The largest absolute Gasteiger partial charge is 1.00 e. The van der Waals surface area contributed by atoms with Gasteiger partial charge in [-0.15, -0.1) is 0 Å². The van der Waals surface area contributed by atoms with Crippen molar-refractivity contribution in [3.8, 4) is 0 Å². The molecule has 15 heavy (non-hydrogen) atoms. The van der Waals surface area contributed by atoms with E-state index in [-0.39, 0.29) is 58.0 Å². The van der Waals surface area contributed by atoms with Crippen molar-refractivity contribution in [2.45, 2.75) is 0 Å². The summed E-state index contributed by atoms with van der Waals surface area (Å²) in [6.45, 7) is -2.33. The first-order valence-corrected chi connectivity index (χ1v) is 4.67. The van der Waals surface area contributed by atoms with E-state index in [1.165, 1.54) is 0 Å². The minimum atomic E-state index is -4.80. The molecule has 1 heterocycles. The molecular formula is C7H14BF3KNO2. The van der Waals surface area contributed by atoms with Gasteiger partial charge in [-0.25, -0.2) is 0 Å². The van der Waals surface area contributed by atoms with Crippen molar-refractivity contribution >= 4 is 6.98 Å². The Morgan fingerprint density at radius 1 is 1.20 bits per heavy atom. The van der Waals surface area contributed by atoms with Crippen molar-refractivity contribution in [2.24, 2.45) is 0 Å². The van der Waals surface area contributed by atoms with Crippen LogP contribution in [0.15, 0.2) is 0 Å². The molecule has 0 spiro atoms. The minimum Gasteiger partial charge on any atom is -0.447 e. The number of morpholine rings is 1. The maximum absolute atomic E-state index is 11.7. The van der Waals surface area contributed by atoms with Crippen LogP contribution < -0.4 is 51.4 Å². The number of hydrogen-bond acceptors (Lipinski definition) is 3. The fourth-order valence-electron chi connectivity index (χ4n) is 1.24. The van der Waals surface area contributed by atoms with Gasteiger partial charge in [-0.05, 0) is 0 Å². The second-order valence-corrected chi connectivity index (χ2v) is 3.24. The van der Waals surface area contributed by atoms with Gasteiger partial charge in [0.25, 0.3) is 0 Å². The molecule has 8 heteroatoms. The zero-order valence-corrected chi connectivity index (χ0v) is 12.0. The second kappa shape index (κ2) is 8.46. The quantitative estimate of drug-likeness (QED) is 0.406. The summed E-state index contributed by atoms with van der Waals surface area (Å²) in [5.74, 6) is 0. The minimum absolute atomic E-state index is 0. The van der Waals surface area contributed by atoms with Gasteiger partial charge in [-0.1, -0.05) is 0 Å². The third-order valence-electron chi connectivity index (χ3n) is 1.96. The van der Waals surface area contributed by atoms with Gasteiger partial charge in [-0.2, -0.15) is 0 Å². The summed E-state index contributed by atoms with van der Waals surface area (Å²) >= 11 is 0. The van der Waals surface area contributed by atoms with Gasteiger partial charge in [-0.3, -0.25) is 4.90 Å². The molecule has 1 aliphatic rings. The molecule has 1 rings (SSSR count). The summed E-state index contributed by atoms with van der Waals surface area (Å²) in [6.07, 6.45) is 0. The number of hydrogen-bond donors (Lipinski definition) is 0. The maximum Gasteiger partial charge on any atom is 1.00 e. The van der Waals surface area contributed by atoms with E-state index < -0.39 is 13.5 Å². The molecule has 1 fully saturated rings. The molecule has 0 aromatic heterocycles. The van der Waals surface area contributed by atoms with Crippen molar-refractivity contribution in [2.75, 3.05) is 46.0 Å². The summed E-state index contributed by atoms with van der Waals surface area (Å²) in [6, 6.07) is 0. The van der Waals surface area contributed by atoms with Crippen LogP contribution in [-0.2, 0) is 9.47 Å². The van der Waals surface area contributed by atoms with Gasteiger partial charge in [0.2, 0.25) is 0 Å². The van der Waals surface area contributed by atoms with Crippen LogP contribution in [0.3, 0.4) is 0 Å². The summed E-state index contributed by atoms with van der Waals surface area (Å²) in [4.78, 5) is 2.03. The number of rotatable bonds is 5. The van der Waals surface area contributed by atoms with Gasteiger partial charge >= 0.3 is 58.4 Å². The SMILES string of the molecule is F[B-](F)(F)COCCN1CCOCC1.[K+]. The Kier molecular flexibility index (Phi) is 9.23. The predicted octanol–water partition coefficient (Wildman–Crippen LogP) is -2.27. The predicted molar refractivity (Wildman–Crippen MR) is 47.2 cm³/mol. The summed E-state index contributed by atoms with van der Waals surface area (Å²) < 4.78 is 44.8. The second-order valence-electron chi connectivity index (χ2n) is 3.24. The Balaban J connectivity index is 0.00000196. The van der Waals surface area contributed by atoms with Crippen LogP contribution >= 0.6 is 0 Å². The molecule has 0 amide bonds. The molecule has 0 bridgehead atoms. The first kappa shape index (κ1) is 16.4. The van der Waals surface area contributed by atoms with E-state index in [1.54, 1.807) is 0 Å². The number of halogens is 3. The fourth-order valence-corrected chi connectivity index (χ4v) is 1.24. The van der Waals surface area contributed by atoms with Crippen LogP contribution in [0.1, 0.15) is 0 Å². The smallest absolute Gasteiger partial charge is 0.447 e. The normalized spacial score (nSPS) is 18.6. The van der Waals surface area contributed by atoms with Gasteiger partial charge in [0.1, 0.15) is 0 Å². The van der Waals surface area contributed by atoms with Crippen molar-refractivity contribution in [1.29, 1.82) is 0 Å². The van der Waals surface area contributed by atoms with E-state index in [9.17, 15) is 12.9 Å². The van der Waals surface area contributed by atoms with E-state index in [0.29, 0.717) is 19.8 Å². The Hall–Kier alpha value is 1.37. The van der Waals surface area contributed by atoms with E-state index in [4.69, 9.17) is 4.74 Å². The molecule has 0 aromatic rings. The van der Waals surface area contributed by atoms with Gasteiger partial charge in [0.15, 0.2) is 0 Å². The summed E-state index contributed by atoms with van der Waals surface area (Å²) in [5.41, 5.74) is 0.